The van der Waals surface area contributed by atoms with Crippen molar-refractivity contribution in [2.75, 3.05) is 31.1 Å². The molecule has 0 aliphatic carbocycles. The summed E-state index contributed by atoms with van der Waals surface area (Å²) in [7, 11) is 0. The molecular formula is C11H14IN5. The van der Waals surface area contributed by atoms with Crippen LogP contribution in [0.3, 0.4) is 0 Å². The highest BCUT2D eigenvalue weighted by Gasteiger charge is 2.11. The Hall–Kier alpha value is -0.980. The molecule has 1 heterocycles. The fraction of sp³-hybridized carbons (Fsp3) is 0.455. The summed E-state index contributed by atoms with van der Waals surface area (Å²) in [5, 5.41) is 6.95. The fourth-order valence-electron chi connectivity index (χ4n) is 1.94. The number of nitrogens with one attached hydrogen (secondary N) is 1. The highest BCUT2D eigenvalue weighted by molar-refractivity contribution is 14.1. The largest absolute Gasteiger partial charge is 0.369 e. The Bertz CT molecular complexity index is 435. The van der Waals surface area contributed by atoms with E-state index < -0.39 is 0 Å². The molecule has 0 aromatic heterocycles. The Balaban J connectivity index is 2.20. The van der Waals surface area contributed by atoms with Crippen molar-refractivity contribution in [3.63, 3.8) is 0 Å². The number of azide groups is 1. The highest BCUT2D eigenvalue weighted by Crippen LogP contribution is 2.21. The molecule has 0 radical (unpaired) electrons. The predicted molar refractivity (Wildman–Crippen MR) is 77.1 cm³/mol. The third-order valence-corrected chi connectivity index (χ3v) is 3.36. The van der Waals surface area contributed by atoms with Gasteiger partial charge in [-0.1, -0.05) is 5.11 Å². The third kappa shape index (κ3) is 3.49. The van der Waals surface area contributed by atoms with Gasteiger partial charge < -0.3 is 10.2 Å². The van der Waals surface area contributed by atoms with E-state index in [9.17, 15) is 0 Å². The zero-order valence-electron chi connectivity index (χ0n) is 9.43. The van der Waals surface area contributed by atoms with E-state index in [1.807, 2.05) is 0 Å². The summed E-state index contributed by atoms with van der Waals surface area (Å²) in [4.78, 5) is 5.16. The Labute approximate surface area is 114 Å². The summed E-state index contributed by atoms with van der Waals surface area (Å²) < 4.78 is 1.18. The summed E-state index contributed by atoms with van der Waals surface area (Å²) in [5.41, 5.74) is 10.6. The standard InChI is InChI=1S/C11H14IN5/c12-10-5-9(8-15-16-13)6-11(7-10)17-3-1-14-2-4-17/h5-7,14H,1-4,8H2. The molecule has 0 amide bonds. The molecule has 1 saturated heterocycles. The van der Waals surface area contributed by atoms with E-state index in [-0.39, 0.29) is 0 Å². The highest BCUT2D eigenvalue weighted by atomic mass is 127. The number of nitrogens with zero attached hydrogens (tertiary/aromatic N) is 4. The van der Waals surface area contributed by atoms with Gasteiger partial charge in [0.05, 0.1) is 6.54 Å². The molecular weight excluding hydrogens is 329 g/mol. The molecule has 2 rings (SSSR count). The van der Waals surface area contributed by atoms with Crippen molar-refractivity contribution < 1.29 is 0 Å². The lowest BCUT2D eigenvalue weighted by atomic mass is 10.2. The van der Waals surface area contributed by atoms with Gasteiger partial charge >= 0.3 is 0 Å². The van der Waals surface area contributed by atoms with Crippen LogP contribution in [0.4, 0.5) is 5.69 Å². The first-order chi connectivity index (χ1) is 8.29. The lowest BCUT2D eigenvalue weighted by Crippen LogP contribution is -2.43. The van der Waals surface area contributed by atoms with Crippen molar-refractivity contribution in [2.45, 2.75) is 6.54 Å². The number of halogens is 1. The van der Waals surface area contributed by atoms with E-state index in [4.69, 9.17) is 5.53 Å². The van der Waals surface area contributed by atoms with Gasteiger partial charge in [0.2, 0.25) is 0 Å². The SMILES string of the molecule is [N-]=[N+]=NCc1cc(I)cc(N2CCNCC2)c1. The van der Waals surface area contributed by atoms with Crippen LogP contribution in [0.1, 0.15) is 5.56 Å². The van der Waals surface area contributed by atoms with Gasteiger partial charge in [-0.05, 0) is 51.9 Å². The molecule has 5 nitrogen and oxygen atoms in total. The van der Waals surface area contributed by atoms with Crippen LogP contribution in [-0.4, -0.2) is 26.2 Å². The molecule has 0 unspecified atom stereocenters. The topological polar surface area (TPSA) is 64.0 Å². The van der Waals surface area contributed by atoms with Crippen LogP contribution >= 0.6 is 22.6 Å². The molecule has 1 N–H and O–H groups in total. The van der Waals surface area contributed by atoms with E-state index in [0.29, 0.717) is 6.54 Å². The second-order valence-electron chi connectivity index (χ2n) is 3.94. The van der Waals surface area contributed by atoms with Gasteiger partial charge in [-0.2, -0.15) is 0 Å². The van der Waals surface area contributed by atoms with Gasteiger partial charge in [-0.25, -0.2) is 0 Å². The smallest absolute Gasteiger partial charge is 0.0512 e. The minimum atomic E-state index is 0.423. The van der Waals surface area contributed by atoms with Crippen LogP contribution in [0, 0.1) is 3.57 Å². The van der Waals surface area contributed by atoms with E-state index in [1.165, 1.54) is 9.26 Å². The quantitative estimate of drug-likeness (QED) is 0.397. The Morgan fingerprint density at radius 1 is 1.35 bits per heavy atom. The molecule has 1 aromatic rings. The monoisotopic (exact) mass is 343 g/mol. The van der Waals surface area contributed by atoms with Crippen molar-refractivity contribution in [1.82, 2.24) is 5.32 Å². The molecule has 6 heteroatoms. The number of piperazine rings is 1. The maximum Gasteiger partial charge on any atom is 0.0512 e. The third-order valence-electron chi connectivity index (χ3n) is 2.74. The minimum Gasteiger partial charge on any atom is -0.369 e. The number of benzene rings is 1. The van der Waals surface area contributed by atoms with Gasteiger partial charge in [-0.3, -0.25) is 0 Å². The summed E-state index contributed by atoms with van der Waals surface area (Å²) in [6.07, 6.45) is 0. The fourth-order valence-corrected chi connectivity index (χ4v) is 2.66. The normalized spacial score (nSPS) is 15.5. The van der Waals surface area contributed by atoms with E-state index in [2.05, 4.69) is 61.0 Å². The molecule has 90 valence electrons. The molecule has 17 heavy (non-hydrogen) atoms. The maximum atomic E-state index is 8.35. The first kappa shape index (κ1) is 12.5. The van der Waals surface area contributed by atoms with Gasteiger partial charge in [0.25, 0.3) is 0 Å². The molecule has 1 fully saturated rings. The second-order valence-corrected chi connectivity index (χ2v) is 5.19. The van der Waals surface area contributed by atoms with Crippen molar-refractivity contribution in [3.05, 3.63) is 37.8 Å². The van der Waals surface area contributed by atoms with E-state index in [0.717, 1.165) is 31.7 Å². The molecule has 0 bridgehead atoms. The van der Waals surface area contributed by atoms with Gasteiger partial charge in [0.15, 0.2) is 0 Å². The number of rotatable bonds is 3. The van der Waals surface area contributed by atoms with Crippen LogP contribution in [0.5, 0.6) is 0 Å². The summed E-state index contributed by atoms with van der Waals surface area (Å²) in [5.74, 6) is 0. The Morgan fingerprint density at radius 3 is 2.82 bits per heavy atom. The van der Waals surface area contributed by atoms with Crippen molar-refractivity contribution in [1.29, 1.82) is 0 Å². The van der Waals surface area contributed by atoms with Crippen molar-refractivity contribution in [2.24, 2.45) is 5.11 Å². The Kier molecular flexibility index (Phi) is 4.47. The van der Waals surface area contributed by atoms with Crippen LogP contribution < -0.4 is 10.2 Å². The number of hydrogen-bond donors (Lipinski definition) is 1. The van der Waals surface area contributed by atoms with Crippen LogP contribution in [-0.2, 0) is 6.54 Å². The minimum absolute atomic E-state index is 0.423. The van der Waals surface area contributed by atoms with E-state index in [1.54, 1.807) is 0 Å². The van der Waals surface area contributed by atoms with Crippen molar-refractivity contribution >= 4 is 28.3 Å². The molecule has 0 saturated carbocycles. The van der Waals surface area contributed by atoms with Gasteiger partial charge in [0.1, 0.15) is 0 Å². The first-order valence-electron chi connectivity index (χ1n) is 5.55. The van der Waals surface area contributed by atoms with Crippen LogP contribution in [0.2, 0.25) is 0 Å². The summed E-state index contributed by atoms with van der Waals surface area (Å²) in [6.45, 7) is 4.53. The zero-order chi connectivity index (χ0) is 12.1. The first-order valence-corrected chi connectivity index (χ1v) is 6.63. The maximum absolute atomic E-state index is 8.35. The average molecular weight is 343 g/mol. The molecule has 1 aliphatic heterocycles. The van der Waals surface area contributed by atoms with Gasteiger partial charge in [-0.15, -0.1) is 0 Å². The average Bonchev–Trinajstić information content (AvgIpc) is 2.37. The molecule has 1 aromatic carbocycles. The van der Waals surface area contributed by atoms with Gasteiger partial charge in [0, 0.05) is 40.3 Å². The van der Waals surface area contributed by atoms with Crippen molar-refractivity contribution in [3.8, 4) is 0 Å². The lowest BCUT2D eigenvalue weighted by Gasteiger charge is -2.30. The summed E-state index contributed by atoms with van der Waals surface area (Å²) in [6, 6.07) is 6.34. The Morgan fingerprint density at radius 2 is 2.12 bits per heavy atom. The number of hydrogen-bond acceptors (Lipinski definition) is 3. The second kappa shape index (κ2) is 6.09. The predicted octanol–water partition coefficient (Wildman–Crippen LogP) is 2.51. The lowest BCUT2D eigenvalue weighted by molar-refractivity contribution is 0.589. The van der Waals surface area contributed by atoms with Crippen LogP contribution in [0.25, 0.3) is 10.4 Å². The van der Waals surface area contributed by atoms with Crippen LogP contribution in [0.15, 0.2) is 23.3 Å². The molecule has 1 aliphatic rings. The molecule has 0 spiro atoms. The molecule has 0 atom stereocenters. The summed E-state index contributed by atoms with van der Waals surface area (Å²) >= 11 is 2.30. The van der Waals surface area contributed by atoms with E-state index >= 15 is 0 Å². The number of anilines is 1. The zero-order valence-corrected chi connectivity index (χ0v) is 11.6.